The lowest BCUT2D eigenvalue weighted by molar-refractivity contribution is -0.142. The van der Waals surface area contributed by atoms with Gasteiger partial charge in [0.15, 0.2) is 10.8 Å². The summed E-state index contributed by atoms with van der Waals surface area (Å²) in [5.74, 6) is 0.849. The van der Waals surface area contributed by atoms with Gasteiger partial charge in [0.05, 0.1) is 17.3 Å². The molecule has 1 saturated heterocycles. The van der Waals surface area contributed by atoms with E-state index in [1.54, 1.807) is 18.4 Å². The quantitative estimate of drug-likeness (QED) is 0.638. The van der Waals surface area contributed by atoms with Crippen molar-refractivity contribution in [3.05, 3.63) is 46.4 Å². The van der Waals surface area contributed by atoms with Gasteiger partial charge in [-0.1, -0.05) is 11.3 Å². The van der Waals surface area contributed by atoms with E-state index in [1.165, 1.54) is 0 Å². The lowest BCUT2D eigenvalue weighted by Gasteiger charge is -2.31. The van der Waals surface area contributed by atoms with Crippen LogP contribution in [0.3, 0.4) is 0 Å². The minimum absolute atomic E-state index is 0.0920. The first-order chi connectivity index (χ1) is 13.8. The fraction of sp³-hybridized carbons (Fsp3) is 0.421. The predicted octanol–water partition coefficient (Wildman–Crippen LogP) is 3.80. The molecule has 0 bridgehead atoms. The van der Waals surface area contributed by atoms with Crippen LogP contribution in [0.25, 0.3) is 10.2 Å². The molecule has 0 N–H and O–H groups in total. The number of rotatable bonds is 4. The number of hydrogen-bond acceptors (Lipinski definition) is 6. The van der Waals surface area contributed by atoms with Crippen LogP contribution in [-0.2, 0) is 12.7 Å². The van der Waals surface area contributed by atoms with Gasteiger partial charge in [0, 0.05) is 31.8 Å². The van der Waals surface area contributed by atoms with E-state index in [9.17, 15) is 18.0 Å². The Hall–Kier alpha value is -2.62. The van der Waals surface area contributed by atoms with Crippen LogP contribution < -0.4 is 15.2 Å². The minimum Gasteiger partial charge on any atom is -0.497 e. The van der Waals surface area contributed by atoms with Crippen molar-refractivity contribution >= 4 is 26.7 Å². The lowest BCUT2D eigenvalue weighted by Crippen LogP contribution is -2.37. The van der Waals surface area contributed by atoms with E-state index < -0.39 is 17.4 Å². The number of anilines is 1. The molecule has 0 unspecified atom stereocenters. The van der Waals surface area contributed by atoms with Gasteiger partial charge in [-0.05, 0) is 37.0 Å². The van der Waals surface area contributed by atoms with Crippen LogP contribution in [0.1, 0.15) is 18.5 Å². The second-order valence-electron chi connectivity index (χ2n) is 7.00. The van der Waals surface area contributed by atoms with Crippen molar-refractivity contribution in [3.63, 3.8) is 0 Å². The molecule has 1 aromatic carbocycles. The van der Waals surface area contributed by atoms with Crippen LogP contribution >= 0.6 is 11.3 Å². The summed E-state index contributed by atoms with van der Waals surface area (Å²) < 4.78 is 45.8. The van der Waals surface area contributed by atoms with E-state index in [1.807, 2.05) is 18.2 Å². The first-order valence-corrected chi connectivity index (χ1v) is 10.00. The molecule has 0 aliphatic carbocycles. The third kappa shape index (κ3) is 4.21. The summed E-state index contributed by atoms with van der Waals surface area (Å²) in [4.78, 5) is 18.8. The molecule has 3 aromatic rings. The Labute approximate surface area is 168 Å². The zero-order chi connectivity index (χ0) is 20.6. The summed E-state index contributed by atoms with van der Waals surface area (Å²) in [6, 6.07) is 7.43. The molecule has 0 spiro atoms. The zero-order valence-corrected chi connectivity index (χ0v) is 16.5. The highest BCUT2D eigenvalue weighted by molar-refractivity contribution is 7.22. The van der Waals surface area contributed by atoms with Crippen molar-refractivity contribution in [2.45, 2.75) is 25.6 Å². The molecule has 6 nitrogen and oxygen atoms in total. The molecule has 0 atom stereocenters. The largest absolute Gasteiger partial charge is 0.497 e. The third-order valence-corrected chi connectivity index (χ3v) is 6.15. The van der Waals surface area contributed by atoms with E-state index in [4.69, 9.17) is 4.74 Å². The van der Waals surface area contributed by atoms with Crippen LogP contribution in [0, 0.1) is 5.92 Å². The van der Waals surface area contributed by atoms with E-state index in [2.05, 4.69) is 15.0 Å². The Morgan fingerprint density at radius 2 is 1.97 bits per heavy atom. The molecule has 1 fully saturated rings. The van der Waals surface area contributed by atoms with Gasteiger partial charge in [-0.15, -0.1) is 0 Å². The highest BCUT2D eigenvalue weighted by Crippen LogP contribution is 2.33. The molecular formula is C19H19F3N4O2S. The van der Waals surface area contributed by atoms with Gasteiger partial charge in [0.2, 0.25) is 0 Å². The molecule has 1 aliphatic heterocycles. The molecule has 0 saturated carbocycles. The molecule has 10 heteroatoms. The average Bonchev–Trinajstić information content (AvgIpc) is 3.12. The van der Waals surface area contributed by atoms with Crippen LogP contribution in [-0.4, -0.2) is 35.0 Å². The monoisotopic (exact) mass is 424 g/mol. The second kappa shape index (κ2) is 7.66. The molecule has 1 aliphatic rings. The number of alkyl halides is 3. The fourth-order valence-electron chi connectivity index (χ4n) is 3.44. The molecular weight excluding hydrogens is 405 g/mol. The number of nitrogens with zero attached hydrogens (tertiary/aromatic N) is 4. The minimum atomic E-state index is -4.56. The lowest BCUT2D eigenvalue weighted by atomic mass is 9.97. The predicted molar refractivity (Wildman–Crippen MR) is 105 cm³/mol. The number of piperidine rings is 1. The Morgan fingerprint density at radius 1 is 1.21 bits per heavy atom. The van der Waals surface area contributed by atoms with Crippen molar-refractivity contribution in [2.24, 2.45) is 5.92 Å². The molecule has 0 radical (unpaired) electrons. The number of hydrogen-bond donors (Lipinski definition) is 0. The normalized spacial score (nSPS) is 15.8. The Kier molecular flexibility index (Phi) is 5.20. The molecule has 3 heterocycles. The fourth-order valence-corrected chi connectivity index (χ4v) is 4.44. The number of halogens is 3. The first kappa shape index (κ1) is 19.7. The van der Waals surface area contributed by atoms with Gasteiger partial charge in [-0.3, -0.25) is 4.79 Å². The molecule has 0 amide bonds. The van der Waals surface area contributed by atoms with Crippen LogP contribution in [0.2, 0.25) is 0 Å². The summed E-state index contributed by atoms with van der Waals surface area (Å²) in [6.07, 6.45) is -3.05. The highest BCUT2D eigenvalue weighted by atomic mass is 32.1. The maximum atomic E-state index is 12.9. The molecule has 29 heavy (non-hydrogen) atoms. The van der Waals surface area contributed by atoms with Gasteiger partial charge in [0.25, 0.3) is 5.56 Å². The van der Waals surface area contributed by atoms with Gasteiger partial charge < -0.3 is 9.64 Å². The Balaban J connectivity index is 1.43. The van der Waals surface area contributed by atoms with Gasteiger partial charge in [-0.2, -0.15) is 18.3 Å². The third-order valence-electron chi connectivity index (χ3n) is 5.06. The number of methoxy groups -OCH3 is 1. The van der Waals surface area contributed by atoms with Crippen molar-refractivity contribution in [3.8, 4) is 5.75 Å². The van der Waals surface area contributed by atoms with Gasteiger partial charge in [0.1, 0.15) is 5.75 Å². The van der Waals surface area contributed by atoms with Crippen LogP contribution in [0.5, 0.6) is 5.75 Å². The molecule has 4 rings (SSSR count). The second-order valence-corrected chi connectivity index (χ2v) is 8.01. The summed E-state index contributed by atoms with van der Waals surface area (Å²) in [5, 5.41) is 4.42. The van der Waals surface area contributed by atoms with E-state index >= 15 is 0 Å². The Morgan fingerprint density at radius 3 is 2.66 bits per heavy atom. The average molecular weight is 424 g/mol. The van der Waals surface area contributed by atoms with E-state index in [-0.39, 0.29) is 12.5 Å². The number of ether oxygens (including phenoxy) is 1. The SMILES string of the molecule is COc1ccc2sc(N3CCC(Cn4nc(C(F)(F)F)ccc4=O)CC3)nc2c1. The van der Waals surface area contributed by atoms with Crippen molar-refractivity contribution in [1.29, 1.82) is 0 Å². The maximum Gasteiger partial charge on any atom is 0.435 e. The van der Waals surface area contributed by atoms with E-state index in [0.29, 0.717) is 0 Å². The summed E-state index contributed by atoms with van der Waals surface area (Å²) in [7, 11) is 1.61. The summed E-state index contributed by atoms with van der Waals surface area (Å²) in [5.41, 5.74) is -0.675. The number of benzene rings is 1. The smallest absolute Gasteiger partial charge is 0.435 e. The number of aromatic nitrogens is 3. The van der Waals surface area contributed by atoms with Crippen molar-refractivity contribution in [1.82, 2.24) is 14.8 Å². The van der Waals surface area contributed by atoms with Crippen molar-refractivity contribution < 1.29 is 17.9 Å². The first-order valence-electron chi connectivity index (χ1n) is 9.18. The standard InChI is InChI=1S/C19H19F3N4O2S/c1-28-13-2-3-15-14(10-13)23-18(29-15)25-8-6-12(7-9-25)11-26-17(27)5-4-16(24-26)19(20,21)22/h2-5,10,12H,6-9,11H2,1H3. The van der Waals surface area contributed by atoms with Crippen LogP contribution in [0.4, 0.5) is 18.3 Å². The summed E-state index contributed by atoms with van der Waals surface area (Å²) in [6.45, 7) is 1.65. The molecule has 2 aromatic heterocycles. The zero-order valence-electron chi connectivity index (χ0n) is 15.6. The summed E-state index contributed by atoms with van der Waals surface area (Å²) >= 11 is 1.60. The topological polar surface area (TPSA) is 60.2 Å². The van der Waals surface area contributed by atoms with Gasteiger partial charge in [-0.25, -0.2) is 9.67 Å². The number of thiazole rings is 1. The highest BCUT2D eigenvalue weighted by Gasteiger charge is 2.33. The number of fused-ring (bicyclic) bond motifs is 1. The van der Waals surface area contributed by atoms with Gasteiger partial charge >= 0.3 is 6.18 Å². The maximum absolute atomic E-state index is 12.9. The molecule has 154 valence electrons. The van der Waals surface area contributed by atoms with E-state index in [0.717, 1.165) is 63.8 Å². The van der Waals surface area contributed by atoms with Crippen LogP contribution in [0.15, 0.2) is 35.1 Å². The van der Waals surface area contributed by atoms with Crippen molar-refractivity contribution in [2.75, 3.05) is 25.1 Å². The Bertz CT molecular complexity index is 1070.